The smallest absolute Gasteiger partial charge is 0.174 e. The van der Waals surface area contributed by atoms with Crippen LogP contribution in [0.4, 0.5) is 0 Å². The van der Waals surface area contributed by atoms with Crippen LogP contribution in [0.5, 0.6) is 0 Å². The summed E-state index contributed by atoms with van der Waals surface area (Å²) in [5.41, 5.74) is 0. The summed E-state index contributed by atoms with van der Waals surface area (Å²) >= 11 is 3.31. The average molecular weight is 191 g/mol. The molecule has 0 aliphatic rings. The number of hydrogen-bond donors (Lipinski definition) is 1. The molecule has 0 fully saturated rings. The third-order valence-corrected chi connectivity index (χ3v) is 1.48. The highest BCUT2D eigenvalue weighted by atomic mass is 79.9. The third-order valence-electron chi connectivity index (χ3n) is 0.923. The first kappa shape index (κ1) is 6.67. The first-order valence-corrected chi connectivity index (χ1v) is 3.84. The van der Waals surface area contributed by atoms with E-state index in [4.69, 9.17) is 0 Å². The first-order valence-electron chi connectivity index (χ1n) is 2.72. The predicted molar refractivity (Wildman–Crippen MR) is 36.3 cm³/mol. The van der Waals surface area contributed by atoms with Crippen molar-refractivity contribution in [2.24, 2.45) is 0 Å². The Labute approximate surface area is 61.2 Å². The average Bonchev–Trinajstić information content (AvgIpc) is 2.34. The Hall–Kier alpha value is -0.450. The Kier molecular flexibility index (Phi) is 2.63. The number of alkyl halides is 1. The van der Waals surface area contributed by atoms with Gasteiger partial charge in [0.05, 0.1) is 0 Å². The molecule has 0 radical (unpaired) electrons. The molecule has 0 aliphatic heterocycles. The highest BCUT2D eigenvalue weighted by Gasteiger charge is 1.94. The summed E-state index contributed by atoms with van der Waals surface area (Å²) in [7, 11) is 0. The van der Waals surface area contributed by atoms with Crippen LogP contribution >= 0.6 is 15.9 Å². The van der Waals surface area contributed by atoms with Gasteiger partial charge >= 0.3 is 0 Å². The second-order valence-electron chi connectivity index (χ2n) is 1.62. The summed E-state index contributed by atoms with van der Waals surface area (Å²) < 4.78 is 0. The zero-order valence-corrected chi connectivity index (χ0v) is 6.43. The minimum absolute atomic E-state index is 0.787. The molecule has 1 aromatic heterocycles. The number of H-pyrrole nitrogens is 1. The van der Waals surface area contributed by atoms with Gasteiger partial charge in [-0.1, -0.05) is 21.1 Å². The normalized spacial score (nSPS) is 9.89. The highest BCUT2D eigenvalue weighted by Crippen LogP contribution is 1.94. The number of rotatable bonds is 3. The lowest BCUT2D eigenvalue weighted by atomic mass is 10.3. The second kappa shape index (κ2) is 3.55. The zero-order valence-electron chi connectivity index (χ0n) is 4.84. The molecule has 5 heteroatoms. The molecule has 50 valence electrons. The van der Waals surface area contributed by atoms with Gasteiger partial charge in [0.15, 0.2) is 5.82 Å². The first-order chi connectivity index (χ1) is 4.43. The Morgan fingerprint density at radius 1 is 1.56 bits per heavy atom. The van der Waals surface area contributed by atoms with E-state index >= 15 is 0 Å². The van der Waals surface area contributed by atoms with Crippen LogP contribution in [0.2, 0.25) is 0 Å². The monoisotopic (exact) mass is 190 g/mol. The van der Waals surface area contributed by atoms with E-state index in [0.29, 0.717) is 0 Å². The highest BCUT2D eigenvalue weighted by molar-refractivity contribution is 9.09. The van der Waals surface area contributed by atoms with Crippen molar-refractivity contribution in [3.8, 4) is 0 Å². The van der Waals surface area contributed by atoms with E-state index in [1.54, 1.807) is 0 Å². The molecule has 4 nitrogen and oxygen atoms in total. The lowest BCUT2D eigenvalue weighted by Gasteiger charge is -1.85. The van der Waals surface area contributed by atoms with Gasteiger partial charge in [-0.05, 0) is 6.42 Å². The topological polar surface area (TPSA) is 54.5 Å². The van der Waals surface area contributed by atoms with Gasteiger partial charge < -0.3 is 0 Å². The van der Waals surface area contributed by atoms with E-state index in [1.807, 2.05) is 0 Å². The maximum Gasteiger partial charge on any atom is 0.174 e. The number of tetrazole rings is 1. The predicted octanol–water partition coefficient (Wildman–Crippen LogP) is 0.527. The Balaban J connectivity index is 2.30. The van der Waals surface area contributed by atoms with Gasteiger partial charge in [0.1, 0.15) is 0 Å². The van der Waals surface area contributed by atoms with Gasteiger partial charge in [0.25, 0.3) is 0 Å². The van der Waals surface area contributed by atoms with Crippen LogP contribution in [0.1, 0.15) is 12.2 Å². The van der Waals surface area contributed by atoms with Crippen molar-refractivity contribution in [2.75, 3.05) is 5.33 Å². The number of aromatic nitrogens is 4. The van der Waals surface area contributed by atoms with E-state index in [-0.39, 0.29) is 0 Å². The van der Waals surface area contributed by atoms with E-state index in [1.165, 1.54) is 0 Å². The molecule has 1 aromatic rings. The van der Waals surface area contributed by atoms with E-state index < -0.39 is 0 Å². The third kappa shape index (κ3) is 2.09. The fraction of sp³-hybridized carbons (Fsp3) is 0.750. The van der Waals surface area contributed by atoms with Crippen molar-refractivity contribution in [3.63, 3.8) is 0 Å². The van der Waals surface area contributed by atoms with Crippen molar-refractivity contribution in [1.29, 1.82) is 0 Å². The molecule has 0 unspecified atom stereocenters. The van der Waals surface area contributed by atoms with Crippen LogP contribution in [0, 0.1) is 0 Å². The van der Waals surface area contributed by atoms with Gasteiger partial charge in [0.2, 0.25) is 0 Å². The fourth-order valence-electron chi connectivity index (χ4n) is 0.513. The molecule has 0 aromatic carbocycles. The lowest BCUT2D eigenvalue weighted by Crippen LogP contribution is -1.88. The largest absolute Gasteiger partial charge is 0.177 e. The summed E-state index contributed by atoms with van der Waals surface area (Å²) in [5.74, 6) is 0.787. The van der Waals surface area contributed by atoms with Gasteiger partial charge in [0, 0.05) is 11.8 Å². The number of hydrogen-bond acceptors (Lipinski definition) is 3. The fourth-order valence-corrected chi connectivity index (χ4v) is 0.794. The standard InChI is InChI=1S/C4H7BrN4/c5-3-1-2-4-6-8-9-7-4/h1-3H2,(H,6,7,8,9). The molecule has 0 aliphatic carbocycles. The molecule has 0 saturated carbocycles. The molecule has 1 N–H and O–H groups in total. The molecular formula is C4H7BrN4. The summed E-state index contributed by atoms with van der Waals surface area (Å²) in [4.78, 5) is 0. The van der Waals surface area contributed by atoms with Crippen molar-refractivity contribution >= 4 is 15.9 Å². The van der Waals surface area contributed by atoms with Crippen LogP contribution in [0.15, 0.2) is 0 Å². The minimum atomic E-state index is 0.787. The number of nitrogens with one attached hydrogen (secondary N) is 1. The van der Waals surface area contributed by atoms with Crippen molar-refractivity contribution < 1.29 is 0 Å². The van der Waals surface area contributed by atoms with Crippen molar-refractivity contribution in [1.82, 2.24) is 20.6 Å². The van der Waals surface area contributed by atoms with Crippen LogP contribution < -0.4 is 0 Å². The zero-order chi connectivity index (χ0) is 6.53. The summed E-state index contributed by atoms with van der Waals surface area (Å²) in [6, 6.07) is 0. The molecule has 0 atom stereocenters. The van der Waals surface area contributed by atoms with E-state index in [9.17, 15) is 0 Å². The molecular weight excluding hydrogens is 184 g/mol. The van der Waals surface area contributed by atoms with E-state index in [2.05, 4.69) is 36.6 Å². The van der Waals surface area contributed by atoms with Crippen molar-refractivity contribution in [3.05, 3.63) is 5.82 Å². The van der Waals surface area contributed by atoms with Gasteiger partial charge in [-0.3, -0.25) is 0 Å². The van der Waals surface area contributed by atoms with Gasteiger partial charge in [-0.25, -0.2) is 0 Å². The Morgan fingerprint density at radius 2 is 2.44 bits per heavy atom. The molecule has 9 heavy (non-hydrogen) atoms. The molecule has 0 saturated heterocycles. The SMILES string of the molecule is BrCCCc1nn[nH]n1. The van der Waals surface area contributed by atoms with Crippen LogP contribution in [0.25, 0.3) is 0 Å². The maximum absolute atomic E-state index is 3.79. The number of aryl methyl sites for hydroxylation is 1. The molecule has 1 heterocycles. The van der Waals surface area contributed by atoms with E-state index in [0.717, 1.165) is 24.0 Å². The summed E-state index contributed by atoms with van der Waals surface area (Å²) in [6.45, 7) is 0. The molecule has 0 amide bonds. The second-order valence-corrected chi connectivity index (χ2v) is 2.41. The number of nitrogens with zero attached hydrogens (tertiary/aromatic N) is 3. The Bertz CT molecular complexity index is 150. The Morgan fingerprint density at radius 3 is 3.00 bits per heavy atom. The molecule has 1 rings (SSSR count). The van der Waals surface area contributed by atoms with Crippen LogP contribution in [-0.4, -0.2) is 26.0 Å². The quantitative estimate of drug-likeness (QED) is 0.708. The lowest BCUT2D eigenvalue weighted by molar-refractivity contribution is 0.850. The van der Waals surface area contributed by atoms with Crippen LogP contribution in [0.3, 0.4) is 0 Å². The molecule has 0 spiro atoms. The van der Waals surface area contributed by atoms with Gasteiger partial charge in [-0.2, -0.15) is 5.21 Å². The summed E-state index contributed by atoms with van der Waals surface area (Å²) in [6.07, 6.45) is 1.95. The van der Waals surface area contributed by atoms with Crippen LogP contribution in [-0.2, 0) is 6.42 Å². The molecule has 0 bridgehead atoms. The number of halogens is 1. The minimum Gasteiger partial charge on any atom is -0.177 e. The number of aromatic amines is 1. The summed E-state index contributed by atoms with van der Waals surface area (Å²) in [5, 5.41) is 14.4. The van der Waals surface area contributed by atoms with Crippen molar-refractivity contribution in [2.45, 2.75) is 12.8 Å². The maximum atomic E-state index is 3.79. The van der Waals surface area contributed by atoms with Gasteiger partial charge in [-0.15, -0.1) is 10.2 Å².